The number of hydrogen-bond acceptors (Lipinski definition) is 8. The first kappa shape index (κ1) is 40.5. The Kier molecular flexibility index (Phi) is 12.1. The summed E-state index contributed by atoms with van der Waals surface area (Å²) in [6, 6.07) is 18.1. The molecule has 0 spiro atoms. The number of nitrogens with zero attached hydrogens (tertiary/aromatic N) is 4. The van der Waals surface area contributed by atoms with Gasteiger partial charge in [0.25, 0.3) is 0 Å². The van der Waals surface area contributed by atoms with Crippen molar-refractivity contribution in [2.45, 2.75) is 103 Å². The Morgan fingerprint density at radius 3 is 2.46 bits per heavy atom. The van der Waals surface area contributed by atoms with Crippen LogP contribution < -0.4 is 16.0 Å². The normalized spacial score (nSPS) is 21.0. The number of carboxylic acid groups (broad SMARTS) is 1. The number of aliphatic carboxylic acids is 1. The standard InChI is InChI=1S/C44H56BN7O2P2/c1-6-35-28(22-46-23-29-16-14-26(3)47-29)15-18-37(48-35)31-11-8-10-30(27(31)4)32-12-9-13-34-33(32)17-19-38(34)51-41-40(44(45,55)56)49-39(36(7-2)50-41)24-52-21-20-43(5,25-52)42(53)54/h8-13,15,18,29,38,46-47H,3,6-7,14,16-17,19-25,55-56H2,1-2,4-5H3,(H,50,51)(H,53,54)/t29?,38-,43+/m0/s1. The maximum absolute atomic E-state index is 11.9. The first-order valence-corrected chi connectivity index (χ1v) is 21.3. The molecule has 2 fully saturated rings. The predicted molar refractivity (Wildman–Crippen MR) is 235 cm³/mol. The van der Waals surface area contributed by atoms with Crippen molar-refractivity contribution in [3.8, 4) is 22.4 Å². The highest BCUT2D eigenvalue weighted by Crippen LogP contribution is 2.44. The Hall–Kier alpha value is -3.68. The van der Waals surface area contributed by atoms with Crippen LogP contribution in [0, 0.1) is 12.3 Å². The maximum Gasteiger partial charge on any atom is 0.310 e. The third-order valence-electron chi connectivity index (χ3n) is 12.0. The van der Waals surface area contributed by atoms with Gasteiger partial charge in [-0.05, 0) is 105 Å². The molecule has 2 aromatic heterocycles. The second kappa shape index (κ2) is 16.7. The lowest BCUT2D eigenvalue weighted by Gasteiger charge is -2.27. The number of fused-ring (bicyclic) bond motifs is 1. The molecule has 2 radical (unpaired) electrons. The summed E-state index contributed by atoms with van der Waals surface area (Å²) in [5.41, 5.74) is 13.7. The van der Waals surface area contributed by atoms with Gasteiger partial charge >= 0.3 is 5.97 Å². The number of carbonyl (C=O) groups is 1. The molecule has 0 bridgehead atoms. The van der Waals surface area contributed by atoms with Crippen LogP contribution in [0.4, 0.5) is 5.82 Å². The number of benzene rings is 2. The Morgan fingerprint density at radius 1 is 1.02 bits per heavy atom. The summed E-state index contributed by atoms with van der Waals surface area (Å²) in [4.78, 5) is 28.7. The molecule has 2 saturated heterocycles. The smallest absolute Gasteiger partial charge is 0.310 e. The molecule has 4 N–H and O–H groups in total. The zero-order valence-electron chi connectivity index (χ0n) is 33.3. The zero-order chi connectivity index (χ0) is 39.8. The van der Waals surface area contributed by atoms with Crippen molar-refractivity contribution in [1.82, 2.24) is 30.5 Å². The number of nitrogens with one attached hydrogen (secondary N) is 3. The number of carboxylic acids is 1. The van der Waals surface area contributed by atoms with E-state index < -0.39 is 16.2 Å². The van der Waals surface area contributed by atoms with Crippen LogP contribution in [0.1, 0.15) is 97.5 Å². The highest BCUT2D eigenvalue weighted by atomic mass is 31.1. The van der Waals surface area contributed by atoms with E-state index in [4.69, 9.17) is 22.8 Å². The molecule has 292 valence electrons. The lowest BCUT2D eigenvalue weighted by atomic mass is 9.90. The van der Waals surface area contributed by atoms with Gasteiger partial charge in [0.15, 0.2) is 0 Å². The maximum atomic E-state index is 11.9. The Labute approximate surface area is 338 Å². The van der Waals surface area contributed by atoms with Crippen LogP contribution in [0.25, 0.3) is 22.4 Å². The average Bonchev–Trinajstić information content (AvgIpc) is 3.90. The third kappa shape index (κ3) is 8.46. The summed E-state index contributed by atoms with van der Waals surface area (Å²) >= 11 is 0. The lowest BCUT2D eigenvalue weighted by molar-refractivity contribution is -0.147. The molecule has 0 amide bonds. The zero-order valence-corrected chi connectivity index (χ0v) is 35.7. The van der Waals surface area contributed by atoms with Crippen LogP contribution in [0.5, 0.6) is 0 Å². The number of anilines is 1. The van der Waals surface area contributed by atoms with Crippen molar-refractivity contribution in [2.75, 3.05) is 25.0 Å². The van der Waals surface area contributed by atoms with Crippen LogP contribution in [-0.4, -0.2) is 64.5 Å². The highest BCUT2D eigenvalue weighted by molar-refractivity contribution is 7.43. The second-order valence-electron chi connectivity index (χ2n) is 16.3. The number of allylic oxidation sites excluding steroid dienone is 1. The minimum Gasteiger partial charge on any atom is -0.481 e. The summed E-state index contributed by atoms with van der Waals surface area (Å²) in [6.45, 7) is 15.8. The van der Waals surface area contributed by atoms with Crippen LogP contribution in [0.2, 0.25) is 0 Å². The van der Waals surface area contributed by atoms with Crippen molar-refractivity contribution in [2.24, 2.45) is 5.41 Å². The SMILES string of the molecule is [B]C(P)(P)c1nc(CN2CC[C@@](C)(C(=O)O)C2)c(CC)nc1N[C@H]1CCc2c(-c3cccc(-c4ccc(CNCC5CCC(=C)N5)c(CC)n4)c3C)cccc21. The van der Waals surface area contributed by atoms with Crippen molar-refractivity contribution in [1.29, 1.82) is 0 Å². The number of likely N-dealkylation sites (tertiary alicyclic amines) is 1. The first-order valence-electron chi connectivity index (χ1n) is 20.1. The Morgan fingerprint density at radius 2 is 1.77 bits per heavy atom. The summed E-state index contributed by atoms with van der Waals surface area (Å²) in [5.74, 6) is -0.0637. The van der Waals surface area contributed by atoms with Crippen molar-refractivity contribution in [3.05, 3.63) is 106 Å². The fourth-order valence-corrected chi connectivity index (χ4v) is 9.19. The molecule has 12 heteroatoms. The molecule has 7 rings (SSSR count). The number of pyridine rings is 1. The van der Waals surface area contributed by atoms with E-state index in [1.165, 1.54) is 33.4 Å². The van der Waals surface area contributed by atoms with Gasteiger partial charge in [-0.3, -0.25) is 19.7 Å². The van der Waals surface area contributed by atoms with Gasteiger partial charge < -0.3 is 21.1 Å². The van der Waals surface area contributed by atoms with Gasteiger partial charge in [0.1, 0.15) is 5.82 Å². The molecular weight excluding hydrogens is 731 g/mol. The number of aryl methyl sites for hydroxylation is 2. The molecule has 0 saturated carbocycles. The van der Waals surface area contributed by atoms with Gasteiger partial charge in [0, 0.05) is 54.0 Å². The van der Waals surface area contributed by atoms with E-state index in [9.17, 15) is 9.90 Å². The monoisotopic (exact) mass is 787 g/mol. The molecular formula is C44H56BN7O2P2. The van der Waals surface area contributed by atoms with E-state index in [-0.39, 0.29) is 6.04 Å². The van der Waals surface area contributed by atoms with Crippen LogP contribution in [0.3, 0.4) is 0 Å². The minimum atomic E-state index is -0.902. The van der Waals surface area contributed by atoms with E-state index in [1.54, 1.807) is 0 Å². The molecule has 3 aliphatic rings. The molecule has 2 aliphatic heterocycles. The molecule has 9 nitrogen and oxygen atoms in total. The summed E-state index contributed by atoms with van der Waals surface area (Å²) < 4.78 is 0. The fourth-order valence-electron chi connectivity index (χ4n) is 8.78. The molecule has 1 aliphatic carbocycles. The van der Waals surface area contributed by atoms with Gasteiger partial charge in [-0.15, -0.1) is 18.5 Å². The summed E-state index contributed by atoms with van der Waals surface area (Å²) in [6.07, 6.45) is 6.24. The van der Waals surface area contributed by atoms with E-state index >= 15 is 0 Å². The van der Waals surface area contributed by atoms with Gasteiger partial charge in [-0.25, -0.2) is 4.98 Å². The lowest BCUT2D eigenvalue weighted by Crippen LogP contribution is -2.33. The Bertz CT molecular complexity index is 2140. The fraction of sp³-hybridized carbons (Fsp3) is 0.455. The largest absolute Gasteiger partial charge is 0.481 e. The summed E-state index contributed by atoms with van der Waals surface area (Å²) in [7, 11) is 12.1. The van der Waals surface area contributed by atoms with E-state index in [0.29, 0.717) is 50.0 Å². The second-order valence-corrected chi connectivity index (χ2v) is 18.9. The molecule has 4 aromatic rings. The minimum absolute atomic E-state index is 0.0439. The molecule has 4 heterocycles. The average molecular weight is 788 g/mol. The molecule has 3 unspecified atom stereocenters. The summed E-state index contributed by atoms with van der Waals surface area (Å²) in [5, 5.41) is 20.7. The van der Waals surface area contributed by atoms with E-state index in [1.807, 2.05) is 6.92 Å². The van der Waals surface area contributed by atoms with Gasteiger partial charge in [0.05, 0.1) is 42.1 Å². The van der Waals surface area contributed by atoms with Gasteiger partial charge in [-0.2, -0.15) is 0 Å². The van der Waals surface area contributed by atoms with Crippen molar-refractivity contribution < 1.29 is 9.90 Å². The number of hydrogen-bond donors (Lipinski definition) is 4. The molecule has 56 heavy (non-hydrogen) atoms. The number of rotatable bonds is 14. The Balaban J connectivity index is 1.12. The quantitative estimate of drug-likeness (QED) is 0.0766. The topological polar surface area (TPSA) is 115 Å². The highest BCUT2D eigenvalue weighted by Gasteiger charge is 2.41. The van der Waals surface area contributed by atoms with Crippen molar-refractivity contribution >= 4 is 38.1 Å². The molecule has 2 aromatic carbocycles. The van der Waals surface area contributed by atoms with Gasteiger partial charge in [-0.1, -0.05) is 62.9 Å². The first-order chi connectivity index (χ1) is 26.8. The van der Waals surface area contributed by atoms with Crippen LogP contribution >= 0.6 is 18.5 Å². The van der Waals surface area contributed by atoms with Crippen molar-refractivity contribution in [3.63, 3.8) is 0 Å². The van der Waals surface area contributed by atoms with Gasteiger partial charge in [0.2, 0.25) is 0 Å². The van der Waals surface area contributed by atoms with Crippen LogP contribution in [0.15, 0.2) is 60.8 Å². The van der Waals surface area contributed by atoms with E-state index in [0.717, 1.165) is 79.2 Å². The third-order valence-corrected chi connectivity index (χ3v) is 12.6. The molecule has 5 atom stereocenters. The number of aromatic nitrogens is 3. The van der Waals surface area contributed by atoms with E-state index in [2.05, 4.69) is 115 Å². The van der Waals surface area contributed by atoms with Crippen LogP contribution in [-0.2, 0) is 41.9 Å². The predicted octanol–water partition coefficient (Wildman–Crippen LogP) is 7.42.